The van der Waals surface area contributed by atoms with Gasteiger partial charge in [0.25, 0.3) is 5.91 Å². The van der Waals surface area contributed by atoms with E-state index in [9.17, 15) is 4.79 Å². The molecule has 7 heteroatoms. The molecule has 120 valence electrons. The number of carbonyl (C=O) groups is 1. The normalized spacial score (nSPS) is 10.2. The Kier molecular flexibility index (Phi) is 7.06. The summed E-state index contributed by atoms with van der Waals surface area (Å²) in [4.78, 5) is 12.1. The fourth-order valence-electron chi connectivity index (χ4n) is 2.26. The Morgan fingerprint density at radius 3 is 2.77 bits per heavy atom. The first-order valence-corrected chi connectivity index (χ1v) is 7.59. The van der Waals surface area contributed by atoms with Crippen molar-refractivity contribution in [1.82, 2.24) is 15.1 Å². The Balaban J connectivity index is 0.00000242. The van der Waals surface area contributed by atoms with Gasteiger partial charge in [0.1, 0.15) is 0 Å². The second kappa shape index (κ2) is 8.31. The Bertz CT molecular complexity index is 657. The topological polar surface area (TPSA) is 72.9 Å². The van der Waals surface area contributed by atoms with E-state index in [1.807, 2.05) is 42.8 Å². The molecule has 1 aromatic carbocycles. The zero-order chi connectivity index (χ0) is 15.4. The van der Waals surface area contributed by atoms with Crippen LogP contribution in [0.4, 0.5) is 0 Å². The van der Waals surface area contributed by atoms with Crippen molar-refractivity contribution in [1.29, 1.82) is 0 Å². The maximum atomic E-state index is 12.1. The van der Waals surface area contributed by atoms with Gasteiger partial charge in [-0.1, -0.05) is 28.1 Å². The van der Waals surface area contributed by atoms with Gasteiger partial charge in [0, 0.05) is 23.3 Å². The zero-order valence-electron chi connectivity index (χ0n) is 12.6. The summed E-state index contributed by atoms with van der Waals surface area (Å²) in [6, 6.07) is 8.05. The van der Waals surface area contributed by atoms with Gasteiger partial charge in [-0.25, -0.2) is 0 Å². The third kappa shape index (κ3) is 4.32. The molecule has 0 aliphatic heterocycles. The molecule has 2 aromatic rings. The average molecular weight is 388 g/mol. The number of nitrogens with two attached hydrogens (primary N) is 1. The number of rotatable bonds is 5. The lowest BCUT2D eigenvalue weighted by Crippen LogP contribution is -2.29. The van der Waals surface area contributed by atoms with Crippen molar-refractivity contribution in [2.45, 2.75) is 20.4 Å². The second-order valence-electron chi connectivity index (χ2n) is 4.88. The molecule has 0 saturated carbocycles. The largest absolute Gasteiger partial charge is 0.351 e. The quantitative estimate of drug-likeness (QED) is 0.827. The maximum Gasteiger partial charge on any atom is 0.255 e. The lowest BCUT2D eigenvalue weighted by Gasteiger charge is -2.07. The Hall–Kier alpha value is -1.37. The first-order valence-electron chi connectivity index (χ1n) is 6.79. The monoisotopic (exact) mass is 386 g/mol. The predicted octanol–water partition coefficient (Wildman–Crippen LogP) is 2.42. The highest BCUT2D eigenvalue weighted by atomic mass is 79.9. The van der Waals surface area contributed by atoms with Gasteiger partial charge >= 0.3 is 0 Å². The van der Waals surface area contributed by atoms with Crippen LogP contribution in [0.25, 0.3) is 0 Å². The molecule has 1 amide bonds. The molecule has 0 aliphatic carbocycles. The third-order valence-corrected chi connectivity index (χ3v) is 3.75. The van der Waals surface area contributed by atoms with Crippen molar-refractivity contribution >= 4 is 34.2 Å². The molecule has 0 atom stereocenters. The lowest BCUT2D eigenvalue weighted by atomic mass is 10.1. The van der Waals surface area contributed by atoms with Gasteiger partial charge in [-0.05, 0) is 31.5 Å². The lowest BCUT2D eigenvalue weighted by molar-refractivity contribution is 0.0953. The summed E-state index contributed by atoms with van der Waals surface area (Å²) in [7, 11) is 0. The van der Waals surface area contributed by atoms with Crippen LogP contribution in [-0.4, -0.2) is 28.8 Å². The van der Waals surface area contributed by atoms with Crippen molar-refractivity contribution in [2.24, 2.45) is 5.73 Å². The van der Waals surface area contributed by atoms with Crippen molar-refractivity contribution in [3.63, 3.8) is 0 Å². The molecule has 0 bridgehead atoms. The summed E-state index contributed by atoms with van der Waals surface area (Å²) in [5.74, 6) is -0.115. The number of benzene rings is 1. The Labute approximate surface area is 144 Å². The van der Waals surface area contributed by atoms with Gasteiger partial charge in [-0.3, -0.25) is 9.48 Å². The summed E-state index contributed by atoms with van der Waals surface area (Å²) in [6.07, 6.45) is 0. The van der Waals surface area contributed by atoms with Gasteiger partial charge in [0.05, 0.1) is 17.8 Å². The second-order valence-corrected chi connectivity index (χ2v) is 5.79. The molecule has 5 nitrogen and oxygen atoms in total. The minimum absolute atomic E-state index is 0. The van der Waals surface area contributed by atoms with Crippen LogP contribution in [0, 0.1) is 13.8 Å². The maximum absolute atomic E-state index is 12.1. The van der Waals surface area contributed by atoms with Gasteiger partial charge in [0.15, 0.2) is 0 Å². The van der Waals surface area contributed by atoms with E-state index in [0.29, 0.717) is 25.2 Å². The summed E-state index contributed by atoms with van der Waals surface area (Å²) in [6.45, 7) is 5.29. The van der Waals surface area contributed by atoms with Crippen LogP contribution < -0.4 is 11.1 Å². The molecular weight excluding hydrogens is 368 g/mol. The van der Waals surface area contributed by atoms with E-state index in [1.165, 1.54) is 0 Å². The number of amides is 1. The van der Waals surface area contributed by atoms with E-state index in [1.54, 1.807) is 0 Å². The molecule has 2 rings (SSSR count). The van der Waals surface area contributed by atoms with Crippen LogP contribution in [0.1, 0.15) is 27.3 Å². The number of hydrogen-bond acceptors (Lipinski definition) is 3. The van der Waals surface area contributed by atoms with Crippen LogP contribution in [0.2, 0.25) is 0 Å². The number of nitrogens with one attached hydrogen (secondary N) is 1. The molecule has 1 heterocycles. The highest BCUT2D eigenvalue weighted by Gasteiger charge is 2.18. The molecule has 22 heavy (non-hydrogen) atoms. The van der Waals surface area contributed by atoms with Crippen molar-refractivity contribution in [3.8, 4) is 0 Å². The van der Waals surface area contributed by atoms with Crippen molar-refractivity contribution < 1.29 is 4.79 Å². The fraction of sp³-hybridized carbons (Fsp3) is 0.333. The van der Waals surface area contributed by atoms with Gasteiger partial charge in [-0.2, -0.15) is 5.10 Å². The van der Waals surface area contributed by atoms with E-state index in [-0.39, 0.29) is 18.3 Å². The smallest absolute Gasteiger partial charge is 0.255 e. The zero-order valence-corrected chi connectivity index (χ0v) is 15.0. The highest BCUT2D eigenvalue weighted by Crippen LogP contribution is 2.17. The van der Waals surface area contributed by atoms with E-state index in [4.69, 9.17) is 5.73 Å². The van der Waals surface area contributed by atoms with E-state index >= 15 is 0 Å². The molecular formula is C15H20BrClN4O. The Morgan fingerprint density at radius 1 is 1.41 bits per heavy atom. The van der Waals surface area contributed by atoms with E-state index < -0.39 is 0 Å². The number of carbonyl (C=O) groups excluding carboxylic acids is 1. The fourth-order valence-corrected chi connectivity index (χ4v) is 2.71. The molecule has 0 aliphatic rings. The summed E-state index contributed by atoms with van der Waals surface area (Å²) < 4.78 is 2.89. The van der Waals surface area contributed by atoms with Crippen LogP contribution in [0.3, 0.4) is 0 Å². The molecule has 1 aromatic heterocycles. The van der Waals surface area contributed by atoms with Crippen LogP contribution in [0.15, 0.2) is 28.7 Å². The number of nitrogens with zero attached hydrogens (tertiary/aromatic N) is 2. The first-order chi connectivity index (χ1) is 10.0. The Morgan fingerprint density at radius 2 is 2.14 bits per heavy atom. The van der Waals surface area contributed by atoms with E-state index in [2.05, 4.69) is 26.3 Å². The van der Waals surface area contributed by atoms with Crippen LogP contribution >= 0.6 is 28.3 Å². The molecule has 3 N–H and O–H groups in total. The van der Waals surface area contributed by atoms with Gasteiger partial charge in [-0.15, -0.1) is 12.4 Å². The number of halogens is 2. The molecule has 0 saturated heterocycles. The molecule has 0 unspecified atom stereocenters. The van der Waals surface area contributed by atoms with Crippen molar-refractivity contribution in [2.75, 3.05) is 13.1 Å². The predicted molar refractivity (Wildman–Crippen MR) is 93.6 cm³/mol. The van der Waals surface area contributed by atoms with Crippen LogP contribution in [-0.2, 0) is 6.54 Å². The van der Waals surface area contributed by atoms with Crippen molar-refractivity contribution in [3.05, 3.63) is 51.3 Å². The van der Waals surface area contributed by atoms with E-state index in [0.717, 1.165) is 21.4 Å². The van der Waals surface area contributed by atoms with Gasteiger partial charge < -0.3 is 11.1 Å². The average Bonchev–Trinajstić information content (AvgIpc) is 2.71. The minimum atomic E-state index is -0.115. The summed E-state index contributed by atoms with van der Waals surface area (Å²) in [5.41, 5.74) is 8.77. The summed E-state index contributed by atoms with van der Waals surface area (Å²) >= 11 is 3.46. The third-order valence-electron chi connectivity index (χ3n) is 3.26. The minimum Gasteiger partial charge on any atom is -0.351 e. The van der Waals surface area contributed by atoms with Crippen LogP contribution in [0.5, 0.6) is 0 Å². The number of aryl methyl sites for hydroxylation is 1. The summed E-state index contributed by atoms with van der Waals surface area (Å²) in [5, 5.41) is 7.27. The number of hydrogen-bond donors (Lipinski definition) is 2. The van der Waals surface area contributed by atoms with Gasteiger partial charge in [0.2, 0.25) is 0 Å². The highest BCUT2D eigenvalue weighted by molar-refractivity contribution is 9.10. The SMILES string of the molecule is Cc1nn(Cc2cccc(Br)c2)c(C)c1C(=O)NCCN.Cl. The first kappa shape index (κ1) is 18.7. The standard InChI is InChI=1S/C15H19BrN4O.ClH/c1-10-14(15(21)18-7-6-17)11(2)20(19-10)9-12-4-3-5-13(16)8-12;/h3-5,8H,6-7,9,17H2,1-2H3,(H,18,21);1H. The molecule has 0 radical (unpaired) electrons. The number of aromatic nitrogens is 2. The molecule has 0 spiro atoms. The molecule has 0 fully saturated rings.